The third-order valence-electron chi connectivity index (χ3n) is 2.85. The SMILES string of the molecule is Nc1ccc2[nH]nc(C3=CCOCC3)c2c1. The molecule has 4 nitrogen and oxygen atoms in total. The summed E-state index contributed by atoms with van der Waals surface area (Å²) in [5.41, 5.74) is 9.83. The van der Waals surface area contributed by atoms with E-state index in [0.717, 1.165) is 35.3 Å². The molecular weight excluding hydrogens is 202 g/mol. The number of H-pyrrole nitrogens is 1. The van der Waals surface area contributed by atoms with Gasteiger partial charge in [-0.2, -0.15) is 5.10 Å². The topological polar surface area (TPSA) is 63.9 Å². The summed E-state index contributed by atoms with van der Waals surface area (Å²) in [5, 5.41) is 8.47. The van der Waals surface area contributed by atoms with Gasteiger partial charge in [-0.1, -0.05) is 6.08 Å². The number of nitrogen functional groups attached to an aromatic ring is 1. The standard InChI is InChI=1S/C12H13N3O/c13-9-1-2-11-10(7-9)12(15-14-11)8-3-5-16-6-4-8/h1-3,7H,4-6,13H2,(H,14,15). The molecule has 82 valence electrons. The van der Waals surface area contributed by atoms with Crippen LogP contribution in [-0.4, -0.2) is 23.4 Å². The van der Waals surface area contributed by atoms with Gasteiger partial charge in [0.25, 0.3) is 0 Å². The van der Waals surface area contributed by atoms with Crippen LogP contribution in [0.5, 0.6) is 0 Å². The fourth-order valence-corrected chi connectivity index (χ4v) is 2.02. The van der Waals surface area contributed by atoms with Gasteiger partial charge in [-0.05, 0) is 30.2 Å². The average molecular weight is 215 g/mol. The number of nitrogens with one attached hydrogen (secondary N) is 1. The Morgan fingerprint density at radius 2 is 2.31 bits per heavy atom. The van der Waals surface area contributed by atoms with E-state index in [0.29, 0.717) is 6.61 Å². The molecule has 1 aliphatic heterocycles. The molecule has 0 unspecified atom stereocenters. The van der Waals surface area contributed by atoms with Crippen molar-refractivity contribution in [3.8, 4) is 0 Å². The number of anilines is 1. The molecule has 0 aliphatic carbocycles. The first-order valence-electron chi connectivity index (χ1n) is 5.35. The fraction of sp³-hybridized carbons (Fsp3) is 0.250. The van der Waals surface area contributed by atoms with Crippen LogP contribution in [0, 0.1) is 0 Å². The Labute approximate surface area is 93.1 Å². The Hall–Kier alpha value is -1.81. The second-order valence-corrected chi connectivity index (χ2v) is 3.93. The van der Waals surface area contributed by atoms with Crippen LogP contribution in [0.2, 0.25) is 0 Å². The van der Waals surface area contributed by atoms with Crippen LogP contribution in [0.25, 0.3) is 16.5 Å². The molecule has 2 aromatic rings. The van der Waals surface area contributed by atoms with Crippen molar-refractivity contribution in [2.24, 2.45) is 0 Å². The van der Waals surface area contributed by atoms with Crippen LogP contribution in [0.1, 0.15) is 12.1 Å². The Morgan fingerprint density at radius 1 is 1.38 bits per heavy atom. The summed E-state index contributed by atoms with van der Waals surface area (Å²) >= 11 is 0. The summed E-state index contributed by atoms with van der Waals surface area (Å²) in [5.74, 6) is 0. The highest BCUT2D eigenvalue weighted by Crippen LogP contribution is 2.27. The number of nitrogens with zero attached hydrogens (tertiary/aromatic N) is 1. The molecule has 0 bridgehead atoms. The molecule has 0 fully saturated rings. The number of hydrogen-bond donors (Lipinski definition) is 2. The first-order chi connectivity index (χ1) is 7.84. The quantitative estimate of drug-likeness (QED) is 0.714. The first kappa shape index (κ1) is 9.42. The van der Waals surface area contributed by atoms with E-state index in [9.17, 15) is 0 Å². The molecule has 0 saturated heterocycles. The van der Waals surface area contributed by atoms with Gasteiger partial charge in [0.15, 0.2) is 0 Å². The molecule has 2 heterocycles. The molecule has 3 rings (SSSR count). The summed E-state index contributed by atoms with van der Waals surface area (Å²) in [4.78, 5) is 0. The number of benzene rings is 1. The van der Waals surface area contributed by atoms with Gasteiger partial charge >= 0.3 is 0 Å². The monoisotopic (exact) mass is 215 g/mol. The third-order valence-corrected chi connectivity index (χ3v) is 2.85. The zero-order chi connectivity index (χ0) is 11.0. The minimum absolute atomic E-state index is 0.673. The van der Waals surface area contributed by atoms with Gasteiger partial charge in [-0.3, -0.25) is 5.10 Å². The first-order valence-corrected chi connectivity index (χ1v) is 5.35. The Balaban J connectivity index is 2.16. The van der Waals surface area contributed by atoms with Crippen LogP contribution in [-0.2, 0) is 4.74 Å². The number of ether oxygens (including phenoxy) is 1. The summed E-state index contributed by atoms with van der Waals surface area (Å²) in [7, 11) is 0. The smallest absolute Gasteiger partial charge is 0.0958 e. The molecule has 4 heteroatoms. The van der Waals surface area contributed by atoms with Crippen LogP contribution in [0.4, 0.5) is 5.69 Å². The predicted octanol–water partition coefficient (Wildman–Crippen LogP) is 1.95. The third kappa shape index (κ3) is 1.47. The normalized spacial score (nSPS) is 16.4. The van der Waals surface area contributed by atoms with Gasteiger partial charge in [0.2, 0.25) is 0 Å². The van der Waals surface area contributed by atoms with Crippen molar-refractivity contribution < 1.29 is 4.74 Å². The molecule has 0 atom stereocenters. The maximum absolute atomic E-state index is 5.80. The van der Waals surface area contributed by atoms with Crippen LogP contribution < -0.4 is 5.73 Å². The highest BCUT2D eigenvalue weighted by atomic mass is 16.5. The van der Waals surface area contributed by atoms with Gasteiger partial charge in [0.1, 0.15) is 0 Å². The van der Waals surface area contributed by atoms with Crippen molar-refractivity contribution in [3.63, 3.8) is 0 Å². The predicted molar refractivity (Wildman–Crippen MR) is 63.9 cm³/mol. The van der Waals surface area contributed by atoms with E-state index in [2.05, 4.69) is 16.3 Å². The largest absolute Gasteiger partial charge is 0.399 e. The van der Waals surface area contributed by atoms with Gasteiger partial charge in [0, 0.05) is 11.1 Å². The zero-order valence-electron chi connectivity index (χ0n) is 8.86. The molecule has 16 heavy (non-hydrogen) atoms. The Morgan fingerprint density at radius 3 is 3.12 bits per heavy atom. The van der Waals surface area contributed by atoms with Crippen molar-refractivity contribution in [2.75, 3.05) is 18.9 Å². The van der Waals surface area contributed by atoms with Crippen molar-refractivity contribution >= 4 is 22.2 Å². The maximum atomic E-state index is 5.80. The van der Waals surface area contributed by atoms with Crippen molar-refractivity contribution in [1.82, 2.24) is 10.2 Å². The molecule has 0 amide bonds. The summed E-state index contributed by atoms with van der Waals surface area (Å²) < 4.78 is 5.29. The lowest BCUT2D eigenvalue weighted by Crippen LogP contribution is -2.04. The number of aromatic nitrogens is 2. The van der Waals surface area contributed by atoms with Crippen LogP contribution >= 0.6 is 0 Å². The van der Waals surface area contributed by atoms with Gasteiger partial charge in [0.05, 0.1) is 24.4 Å². The summed E-state index contributed by atoms with van der Waals surface area (Å²) in [6.07, 6.45) is 3.00. The molecule has 0 radical (unpaired) electrons. The van der Waals surface area contributed by atoms with E-state index in [4.69, 9.17) is 10.5 Å². The minimum atomic E-state index is 0.673. The Kier molecular flexibility index (Phi) is 2.15. The van der Waals surface area contributed by atoms with Crippen molar-refractivity contribution in [2.45, 2.75) is 6.42 Å². The number of hydrogen-bond acceptors (Lipinski definition) is 3. The highest BCUT2D eigenvalue weighted by molar-refractivity contribution is 5.92. The lowest BCUT2D eigenvalue weighted by atomic mass is 10.0. The molecule has 0 saturated carbocycles. The number of rotatable bonds is 1. The van der Waals surface area contributed by atoms with E-state index in [1.807, 2.05) is 18.2 Å². The van der Waals surface area contributed by atoms with E-state index >= 15 is 0 Å². The van der Waals surface area contributed by atoms with E-state index in [1.165, 1.54) is 5.57 Å². The Bertz CT molecular complexity index is 556. The summed E-state index contributed by atoms with van der Waals surface area (Å²) in [6.45, 7) is 1.44. The molecule has 0 spiro atoms. The second-order valence-electron chi connectivity index (χ2n) is 3.93. The fourth-order valence-electron chi connectivity index (χ4n) is 2.02. The molecular formula is C12H13N3O. The van der Waals surface area contributed by atoms with Crippen LogP contribution in [0.15, 0.2) is 24.3 Å². The number of fused-ring (bicyclic) bond motifs is 1. The van der Waals surface area contributed by atoms with Gasteiger partial charge in [-0.25, -0.2) is 0 Å². The molecule has 1 aromatic heterocycles. The van der Waals surface area contributed by atoms with Gasteiger partial charge in [-0.15, -0.1) is 0 Å². The van der Waals surface area contributed by atoms with Gasteiger partial charge < -0.3 is 10.5 Å². The highest BCUT2D eigenvalue weighted by Gasteiger charge is 2.12. The van der Waals surface area contributed by atoms with Crippen molar-refractivity contribution in [3.05, 3.63) is 30.0 Å². The second kappa shape index (κ2) is 3.64. The molecule has 1 aromatic carbocycles. The zero-order valence-corrected chi connectivity index (χ0v) is 8.86. The lowest BCUT2D eigenvalue weighted by Gasteiger charge is -2.11. The average Bonchev–Trinajstić information content (AvgIpc) is 2.73. The summed E-state index contributed by atoms with van der Waals surface area (Å²) in [6, 6.07) is 5.80. The van der Waals surface area contributed by atoms with Crippen molar-refractivity contribution in [1.29, 1.82) is 0 Å². The molecule has 1 aliphatic rings. The lowest BCUT2D eigenvalue weighted by molar-refractivity contribution is 0.161. The van der Waals surface area contributed by atoms with Crippen LogP contribution in [0.3, 0.4) is 0 Å². The molecule has 3 N–H and O–H groups in total. The number of aromatic amines is 1. The van der Waals surface area contributed by atoms with E-state index in [-0.39, 0.29) is 0 Å². The maximum Gasteiger partial charge on any atom is 0.0958 e. The number of nitrogens with two attached hydrogens (primary N) is 1. The van der Waals surface area contributed by atoms with E-state index in [1.54, 1.807) is 0 Å². The minimum Gasteiger partial charge on any atom is -0.399 e. The van der Waals surface area contributed by atoms with E-state index < -0.39 is 0 Å².